The summed E-state index contributed by atoms with van der Waals surface area (Å²) in [7, 11) is 0. The van der Waals surface area contributed by atoms with Gasteiger partial charge in [0, 0.05) is 38.8 Å². The number of nitrogens with one attached hydrogen (secondary N) is 1. The molecule has 1 saturated heterocycles. The van der Waals surface area contributed by atoms with E-state index in [1.165, 1.54) is 0 Å². The van der Waals surface area contributed by atoms with Crippen molar-refractivity contribution in [2.45, 2.75) is 39.8 Å². The molecular formula is C19H31N3O3. The number of phenolic OH excluding ortho intramolecular Hbond substituents is 1. The van der Waals surface area contributed by atoms with Gasteiger partial charge in [0.05, 0.1) is 6.61 Å². The van der Waals surface area contributed by atoms with Gasteiger partial charge < -0.3 is 20.1 Å². The van der Waals surface area contributed by atoms with E-state index >= 15 is 0 Å². The highest BCUT2D eigenvalue weighted by molar-refractivity contribution is 5.83. The van der Waals surface area contributed by atoms with Crippen LogP contribution in [0.5, 0.6) is 11.5 Å². The van der Waals surface area contributed by atoms with Crippen molar-refractivity contribution >= 4 is 5.91 Å². The van der Waals surface area contributed by atoms with Crippen LogP contribution < -0.4 is 10.1 Å². The van der Waals surface area contributed by atoms with Crippen LogP contribution in [0.1, 0.15) is 39.3 Å². The second-order valence-corrected chi connectivity index (χ2v) is 6.42. The molecule has 6 heteroatoms. The van der Waals surface area contributed by atoms with Gasteiger partial charge in [0.15, 0.2) is 11.5 Å². The van der Waals surface area contributed by atoms with Crippen molar-refractivity contribution < 1.29 is 14.6 Å². The van der Waals surface area contributed by atoms with Crippen molar-refractivity contribution in [1.29, 1.82) is 0 Å². The number of aromatic hydroxyl groups is 1. The predicted octanol–water partition coefficient (Wildman–Crippen LogP) is 1.99. The summed E-state index contributed by atoms with van der Waals surface area (Å²) in [5.74, 6) is 0.640. The quantitative estimate of drug-likeness (QED) is 0.788. The maximum Gasteiger partial charge on any atom is 0.244 e. The van der Waals surface area contributed by atoms with Crippen molar-refractivity contribution in [2.24, 2.45) is 0 Å². The highest BCUT2D eigenvalue weighted by Gasteiger charge is 2.33. The number of phenols is 1. The van der Waals surface area contributed by atoms with Crippen molar-refractivity contribution in [3.05, 3.63) is 23.8 Å². The second kappa shape index (κ2) is 9.06. The Kier molecular flexibility index (Phi) is 7.08. The number of carbonyl (C=O) groups is 1. The highest BCUT2D eigenvalue weighted by atomic mass is 16.5. The first kappa shape index (κ1) is 19.5. The maximum atomic E-state index is 13.2. The summed E-state index contributed by atoms with van der Waals surface area (Å²) in [5.41, 5.74) is 0.868. The number of amides is 1. The van der Waals surface area contributed by atoms with Gasteiger partial charge in [0.1, 0.15) is 6.04 Å². The number of piperazine rings is 1. The third-order valence-electron chi connectivity index (χ3n) is 4.67. The lowest BCUT2D eigenvalue weighted by Gasteiger charge is -2.39. The van der Waals surface area contributed by atoms with E-state index < -0.39 is 0 Å². The molecule has 2 unspecified atom stereocenters. The van der Waals surface area contributed by atoms with Gasteiger partial charge in [-0.3, -0.25) is 9.69 Å². The zero-order valence-corrected chi connectivity index (χ0v) is 15.8. The number of hydrogen-bond donors (Lipinski definition) is 2. The standard InChI is InChI=1S/C19H31N3O3/c1-5-21(6-2)19(24)18(22-11-10-20-14(4)13-22)15-8-9-16(23)17(12-15)25-7-3/h8-9,12,14,18,20,23H,5-7,10-11,13H2,1-4H3. The number of benzene rings is 1. The predicted molar refractivity (Wildman–Crippen MR) is 99.0 cm³/mol. The molecule has 1 aromatic carbocycles. The summed E-state index contributed by atoms with van der Waals surface area (Å²) < 4.78 is 5.52. The Morgan fingerprint density at radius 1 is 1.40 bits per heavy atom. The fourth-order valence-electron chi connectivity index (χ4n) is 3.39. The Bertz CT molecular complexity index is 575. The second-order valence-electron chi connectivity index (χ2n) is 6.42. The van der Waals surface area contributed by atoms with Crippen LogP contribution in [0.4, 0.5) is 0 Å². The van der Waals surface area contributed by atoms with Gasteiger partial charge in [-0.15, -0.1) is 0 Å². The topological polar surface area (TPSA) is 65.0 Å². The average Bonchev–Trinajstić information content (AvgIpc) is 2.59. The van der Waals surface area contributed by atoms with Crippen LogP contribution in [-0.2, 0) is 4.79 Å². The normalized spacial score (nSPS) is 19.4. The number of ether oxygens (including phenoxy) is 1. The van der Waals surface area contributed by atoms with Crippen LogP contribution in [0.15, 0.2) is 18.2 Å². The number of nitrogens with zero attached hydrogens (tertiary/aromatic N) is 2. The molecule has 0 spiro atoms. The van der Waals surface area contributed by atoms with Gasteiger partial charge in [-0.2, -0.15) is 0 Å². The molecule has 25 heavy (non-hydrogen) atoms. The third kappa shape index (κ3) is 4.64. The minimum Gasteiger partial charge on any atom is -0.504 e. The number of likely N-dealkylation sites (N-methyl/N-ethyl adjacent to an activating group) is 1. The van der Waals surface area contributed by atoms with E-state index in [2.05, 4.69) is 17.1 Å². The Morgan fingerprint density at radius 2 is 2.12 bits per heavy atom. The molecule has 1 aliphatic rings. The molecule has 0 bridgehead atoms. The summed E-state index contributed by atoms with van der Waals surface area (Å²) in [6.45, 7) is 12.3. The molecular weight excluding hydrogens is 318 g/mol. The van der Waals surface area contributed by atoms with Gasteiger partial charge in [0.25, 0.3) is 0 Å². The van der Waals surface area contributed by atoms with Gasteiger partial charge in [-0.25, -0.2) is 0 Å². The zero-order valence-electron chi connectivity index (χ0n) is 15.8. The lowest BCUT2D eigenvalue weighted by molar-refractivity contribution is -0.137. The minimum absolute atomic E-state index is 0.104. The molecule has 0 aliphatic carbocycles. The monoisotopic (exact) mass is 349 g/mol. The number of carbonyl (C=O) groups excluding carboxylic acids is 1. The molecule has 1 aliphatic heterocycles. The van der Waals surface area contributed by atoms with Crippen LogP contribution in [0.25, 0.3) is 0 Å². The summed E-state index contributed by atoms with van der Waals surface area (Å²) in [6, 6.07) is 5.23. The fraction of sp³-hybridized carbons (Fsp3) is 0.632. The average molecular weight is 349 g/mol. The maximum absolute atomic E-state index is 13.2. The van der Waals surface area contributed by atoms with E-state index in [9.17, 15) is 9.90 Å². The van der Waals surface area contributed by atoms with Gasteiger partial charge in [-0.05, 0) is 45.4 Å². The summed E-state index contributed by atoms with van der Waals surface area (Å²) in [4.78, 5) is 17.3. The Labute approximate surface area is 150 Å². The van der Waals surface area contributed by atoms with Crippen LogP contribution in [-0.4, -0.2) is 66.2 Å². The smallest absolute Gasteiger partial charge is 0.244 e. The van der Waals surface area contributed by atoms with E-state index in [0.717, 1.165) is 25.2 Å². The molecule has 0 aromatic heterocycles. The van der Waals surface area contributed by atoms with Crippen LogP contribution in [0.2, 0.25) is 0 Å². The molecule has 1 fully saturated rings. The first-order chi connectivity index (χ1) is 12.0. The summed E-state index contributed by atoms with van der Waals surface area (Å²) in [5, 5.41) is 13.4. The molecule has 6 nitrogen and oxygen atoms in total. The SMILES string of the molecule is CCOc1cc(C(C(=O)N(CC)CC)N2CCNC(C)C2)ccc1O. The zero-order chi connectivity index (χ0) is 18.4. The molecule has 1 aromatic rings. The molecule has 0 saturated carbocycles. The molecule has 2 N–H and O–H groups in total. The highest BCUT2D eigenvalue weighted by Crippen LogP contribution is 2.33. The molecule has 2 atom stereocenters. The molecule has 1 heterocycles. The molecule has 140 valence electrons. The Hall–Kier alpha value is -1.79. The van der Waals surface area contributed by atoms with E-state index in [1.807, 2.05) is 31.7 Å². The van der Waals surface area contributed by atoms with E-state index in [4.69, 9.17) is 4.74 Å². The first-order valence-corrected chi connectivity index (χ1v) is 9.23. The number of hydrogen-bond acceptors (Lipinski definition) is 5. The lowest BCUT2D eigenvalue weighted by Crippen LogP contribution is -2.53. The van der Waals surface area contributed by atoms with Gasteiger partial charge in [-0.1, -0.05) is 6.07 Å². The molecule has 2 rings (SSSR count). The van der Waals surface area contributed by atoms with E-state index in [0.29, 0.717) is 31.5 Å². The van der Waals surface area contributed by atoms with Crippen molar-refractivity contribution in [3.8, 4) is 11.5 Å². The molecule has 0 radical (unpaired) electrons. The summed E-state index contributed by atoms with van der Waals surface area (Å²) >= 11 is 0. The largest absolute Gasteiger partial charge is 0.504 e. The van der Waals surface area contributed by atoms with E-state index in [-0.39, 0.29) is 17.7 Å². The van der Waals surface area contributed by atoms with Crippen LogP contribution in [0, 0.1) is 0 Å². The third-order valence-corrected chi connectivity index (χ3v) is 4.67. The van der Waals surface area contributed by atoms with Crippen molar-refractivity contribution in [1.82, 2.24) is 15.1 Å². The van der Waals surface area contributed by atoms with Crippen molar-refractivity contribution in [2.75, 3.05) is 39.3 Å². The Balaban J connectivity index is 2.39. The summed E-state index contributed by atoms with van der Waals surface area (Å²) in [6.07, 6.45) is 0. The van der Waals surface area contributed by atoms with Crippen LogP contribution >= 0.6 is 0 Å². The van der Waals surface area contributed by atoms with Gasteiger partial charge >= 0.3 is 0 Å². The number of rotatable bonds is 7. The minimum atomic E-state index is -0.357. The van der Waals surface area contributed by atoms with E-state index in [1.54, 1.807) is 12.1 Å². The first-order valence-electron chi connectivity index (χ1n) is 9.23. The van der Waals surface area contributed by atoms with Gasteiger partial charge in [0.2, 0.25) is 5.91 Å². The fourth-order valence-corrected chi connectivity index (χ4v) is 3.39. The molecule has 1 amide bonds. The lowest BCUT2D eigenvalue weighted by atomic mass is 10.0. The van der Waals surface area contributed by atoms with Crippen molar-refractivity contribution in [3.63, 3.8) is 0 Å². The van der Waals surface area contributed by atoms with Crippen LogP contribution in [0.3, 0.4) is 0 Å². The Morgan fingerprint density at radius 3 is 2.72 bits per heavy atom.